The normalized spacial score (nSPS) is 33.7. The molecule has 5 heteroatoms. The highest BCUT2D eigenvalue weighted by molar-refractivity contribution is 5.20. The van der Waals surface area contributed by atoms with E-state index in [0.29, 0.717) is 18.7 Å². The van der Waals surface area contributed by atoms with Gasteiger partial charge in [0.1, 0.15) is 30.0 Å². The zero-order valence-corrected chi connectivity index (χ0v) is 8.78. The van der Waals surface area contributed by atoms with Crippen LogP contribution in [0.25, 0.3) is 0 Å². The highest BCUT2D eigenvalue weighted by atomic mass is 19.1. The van der Waals surface area contributed by atoms with Gasteiger partial charge in [-0.2, -0.15) is 0 Å². The first-order valence-corrected chi connectivity index (χ1v) is 5.40. The van der Waals surface area contributed by atoms with Gasteiger partial charge in [0.15, 0.2) is 0 Å². The van der Waals surface area contributed by atoms with Crippen LogP contribution in [0.15, 0.2) is 18.3 Å². The van der Waals surface area contributed by atoms with Gasteiger partial charge in [-0.1, -0.05) is 0 Å². The molecule has 3 heterocycles. The fraction of sp³-hybridized carbons (Fsp3) is 0.545. The summed E-state index contributed by atoms with van der Waals surface area (Å²) in [6.45, 7) is 1.67. The van der Waals surface area contributed by atoms with Crippen LogP contribution in [0.3, 0.4) is 0 Å². The van der Waals surface area contributed by atoms with Crippen molar-refractivity contribution in [1.82, 2.24) is 10.3 Å². The number of piperidine rings is 1. The maximum absolute atomic E-state index is 13.8. The third kappa shape index (κ3) is 1.36. The van der Waals surface area contributed by atoms with Gasteiger partial charge in [-0.25, -0.2) is 4.39 Å². The minimum absolute atomic E-state index is 0.148. The minimum atomic E-state index is -0.698. The van der Waals surface area contributed by atoms with E-state index in [1.54, 1.807) is 12.3 Å². The average molecular weight is 224 g/mol. The van der Waals surface area contributed by atoms with E-state index in [1.165, 1.54) is 6.07 Å². The molecular formula is C11H13FN2O2. The van der Waals surface area contributed by atoms with Gasteiger partial charge in [0, 0.05) is 12.7 Å². The van der Waals surface area contributed by atoms with Crippen molar-refractivity contribution in [2.75, 3.05) is 19.9 Å². The quantitative estimate of drug-likeness (QED) is 0.765. The van der Waals surface area contributed by atoms with E-state index in [0.717, 1.165) is 6.54 Å². The van der Waals surface area contributed by atoms with E-state index in [1.807, 2.05) is 0 Å². The molecular weight excluding hydrogens is 211 g/mol. The number of rotatable bonds is 1. The molecule has 86 valence electrons. The molecule has 0 bridgehead atoms. The summed E-state index contributed by atoms with van der Waals surface area (Å²) in [5, 5.41) is 3.21. The van der Waals surface area contributed by atoms with Crippen LogP contribution in [0.5, 0.6) is 0 Å². The molecule has 0 saturated carbocycles. The molecule has 0 spiro atoms. The molecule has 2 atom stereocenters. The SMILES string of the molecule is Fc1cccnc1C12CCNCC1OCO2. The fourth-order valence-electron chi connectivity index (χ4n) is 2.45. The lowest BCUT2D eigenvalue weighted by Gasteiger charge is -2.36. The van der Waals surface area contributed by atoms with Crippen LogP contribution in [-0.2, 0) is 15.1 Å². The molecule has 0 aliphatic carbocycles. The molecule has 3 rings (SSSR count). The van der Waals surface area contributed by atoms with Crippen LogP contribution in [0, 0.1) is 5.82 Å². The van der Waals surface area contributed by atoms with Gasteiger partial charge in [-0.05, 0) is 25.1 Å². The molecule has 2 unspecified atom stereocenters. The highest BCUT2D eigenvalue weighted by Crippen LogP contribution is 2.40. The Balaban J connectivity index is 2.05. The van der Waals surface area contributed by atoms with Crippen molar-refractivity contribution in [3.8, 4) is 0 Å². The third-order valence-corrected chi connectivity index (χ3v) is 3.27. The first kappa shape index (κ1) is 10.1. The van der Waals surface area contributed by atoms with Crippen molar-refractivity contribution in [3.63, 3.8) is 0 Å². The van der Waals surface area contributed by atoms with Gasteiger partial charge in [-0.15, -0.1) is 0 Å². The van der Waals surface area contributed by atoms with Gasteiger partial charge in [0.2, 0.25) is 0 Å². The molecule has 0 radical (unpaired) electrons. The Labute approximate surface area is 92.8 Å². The van der Waals surface area contributed by atoms with Gasteiger partial charge >= 0.3 is 0 Å². The Bertz CT molecular complexity index is 401. The smallest absolute Gasteiger partial charge is 0.148 e. The molecule has 2 aliphatic rings. The first-order valence-electron chi connectivity index (χ1n) is 5.40. The van der Waals surface area contributed by atoms with Crippen molar-refractivity contribution in [2.45, 2.75) is 18.1 Å². The standard InChI is InChI=1S/C11H13FN2O2/c12-8-2-1-4-14-10(8)11-3-5-13-6-9(11)15-7-16-11/h1-2,4,9,13H,3,5-7H2. The minimum Gasteiger partial charge on any atom is -0.347 e. The lowest BCUT2D eigenvalue weighted by Crippen LogP contribution is -2.51. The summed E-state index contributed by atoms with van der Waals surface area (Å²) in [6.07, 6.45) is 2.13. The molecule has 2 saturated heterocycles. The van der Waals surface area contributed by atoms with Gasteiger partial charge in [0.05, 0.1) is 0 Å². The molecule has 1 aromatic rings. The number of ether oxygens (including phenoxy) is 2. The van der Waals surface area contributed by atoms with Gasteiger partial charge in [0.25, 0.3) is 0 Å². The lowest BCUT2D eigenvalue weighted by molar-refractivity contribution is -0.0326. The van der Waals surface area contributed by atoms with E-state index in [-0.39, 0.29) is 18.7 Å². The second kappa shape index (κ2) is 3.76. The lowest BCUT2D eigenvalue weighted by atomic mass is 9.86. The number of fused-ring (bicyclic) bond motifs is 1. The fourth-order valence-corrected chi connectivity index (χ4v) is 2.45. The zero-order chi connectivity index (χ0) is 11.0. The van der Waals surface area contributed by atoms with Crippen LogP contribution in [0.4, 0.5) is 4.39 Å². The number of nitrogens with one attached hydrogen (secondary N) is 1. The van der Waals surface area contributed by atoms with Gasteiger partial charge < -0.3 is 14.8 Å². The van der Waals surface area contributed by atoms with Crippen LogP contribution in [0.1, 0.15) is 12.1 Å². The summed E-state index contributed by atoms with van der Waals surface area (Å²) < 4.78 is 24.9. The van der Waals surface area contributed by atoms with E-state index < -0.39 is 5.60 Å². The Morgan fingerprint density at radius 1 is 1.56 bits per heavy atom. The Kier molecular flexibility index (Phi) is 2.38. The number of aromatic nitrogens is 1. The number of pyridine rings is 1. The van der Waals surface area contributed by atoms with Crippen molar-refractivity contribution >= 4 is 0 Å². The van der Waals surface area contributed by atoms with Crippen LogP contribution in [0.2, 0.25) is 0 Å². The van der Waals surface area contributed by atoms with Crippen molar-refractivity contribution in [2.24, 2.45) is 0 Å². The molecule has 2 aliphatic heterocycles. The summed E-state index contributed by atoms with van der Waals surface area (Å²) >= 11 is 0. The third-order valence-electron chi connectivity index (χ3n) is 3.27. The zero-order valence-electron chi connectivity index (χ0n) is 8.78. The molecule has 16 heavy (non-hydrogen) atoms. The van der Waals surface area contributed by atoms with Crippen molar-refractivity contribution in [1.29, 1.82) is 0 Å². The topological polar surface area (TPSA) is 43.4 Å². The Morgan fingerprint density at radius 2 is 2.50 bits per heavy atom. The van der Waals surface area contributed by atoms with Crippen molar-refractivity contribution < 1.29 is 13.9 Å². The average Bonchev–Trinajstić information content (AvgIpc) is 2.74. The summed E-state index contributed by atoms with van der Waals surface area (Å²) in [5.74, 6) is -0.320. The Morgan fingerprint density at radius 3 is 3.38 bits per heavy atom. The Hall–Kier alpha value is -1.04. The summed E-state index contributed by atoms with van der Waals surface area (Å²) in [4.78, 5) is 4.13. The largest absolute Gasteiger partial charge is 0.347 e. The number of halogens is 1. The maximum Gasteiger partial charge on any atom is 0.148 e. The molecule has 0 amide bonds. The van der Waals surface area contributed by atoms with Crippen LogP contribution < -0.4 is 5.32 Å². The number of nitrogens with zero attached hydrogens (tertiary/aromatic N) is 1. The van der Waals surface area contributed by atoms with E-state index in [2.05, 4.69) is 10.3 Å². The molecule has 4 nitrogen and oxygen atoms in total. The summed E-state index contributed by atoms with van der Waals surface area (Å²) in [6, 6.07) is 3.00. The van der Waals surface area contributed by atoms with Crippen LogP contribution >= 0.6 is 0 Å². The van der Waals surface area contributed by atoms with Gasteiger partial charge in [-0.3, -0.25) is 4.98 Å². The molecule has 2 fully saturated rings. The van der Waals surface area contributed by atoms with E-state index >= 15 is 0 Å². The molecule has 1 aromatic heterocycles. The second-order valence-electron chi connectivity index (χ2n) is 4.09. The summed E-state index contributed by atoms with van der Waals surface area (Å²) in [7, 11) is 0. The number of hydrogen-bond acceptors (Lipinski definition) is 4. The predicted octanol–water partition coefficient (Wildman–Crippen LogP) is 0.782. The second-order valence-corrected chi connectivity index (χ2v) is 4.09. The highest BCUT2D eigenvalue weighted by Gasteiger charge is 2.51. The molecule has 1 N–H and O–H groups in total. The predicted molar refractivity (Wildman–Crippen MR) is 54.2 cm³/mol. The molecule has 0 aromatic carbocycles. The summed E-state index contributed by atoms with van der Waals surface area (Å²) in [5.41, 5.74) is -0.324. The maximum atomic E-state index is 13.8. The van der Waals surface area contributed by atoms with E-state index in [4.69, 9.17) is 9.47 Å². The van der Waals surface area contributed by atoms with Crippen LogP contribution in [-0.4, -0.2) is 31.0 Å². The van der Waals surface area contributed by atoms with Crippen molar-refractivity contribution in [3.05, 3.63) is 29.8 Å². The first-order chi connectivity index (χ1) is 7.83. The number of hydrogen-bond donors (Lipinski definition) is 1. The van der Waals surface area contributed by atoms with E-state index in [9.17, 15) is 4.39 Å². The monoisotopic (exact) mass is 224 g/mol.